The highest BCUT2D eigenvalue weighted by molar-refractivity contribution is 4.92. The summed E-state index contributed by atoms with van der Waals surface area (Å²) in [6.45, 7) is 11.9. The van der Waals surface area contributed by atoms with E-state index in [9.17, 15) is 0 Å². The van der Waals surface area contributed by atoms with E-state index in [-0.39, 0.29) is 0 Å². The van der Waals surface area contributed by atoms with E-state index >= 15 is 0 Å². The molecule has 1 aliphatic rings. The molecule has 15 heavy (non-hydrogen) atoms. The van der Waals surface area contributed by atoms with Gasteiger partial charge < -0.3 is 5.32 Å². The molecule has 0 heterocycles. The van der Waals surface area contributed by atoms with E-state index in [0.717, 1.165) is 24.4 Å². The van der Waals surface area contributed by atoms with Gasteiger partial charge in [-0.3, -0.25) is 0 Å². The van der Waals surface area contributed by atoms with Gasteiger partial charge in [-0.05, 0) is 44.6 Å². The second kappa shape index (κ2) is 6.32. The Morgan fingerprint density at radius 1 is 1.47 bits per heavy atom. The first-order chi connectivity index (χ1) is 7.15. The van der Waals surface area contributed by atoms with Crippen molar-refractivity contribution in [2.45, 2.75) is 58.9 Å². The third kappa shape index (κ3) is 3.98. The minimum atomic E-state index is 0.726. The average molecular weight is 209 g/mol. The van der Waals surface area contributed by atoms with Crippen LogP contribution in [0, 0.1) is 11.8 Å². The summed E-state index contributed by atoms with van der Waals surface area (Å²) < 4.78 is 0. The Labute approximate surface area is 95.3 Å². The molecule has 88 valence electrons. The lowest BCUT2D eigenvalue weighted by Crippen LogP contribution is -2.37. The summed E-state index contributed by atoms with van der Waals surface area (Å²) in [6, 6.07) is 0.726. The van der Waals surface area contributed by atoms with Crippen LogP contribution in [0.1, 0.15) is 52.9 Å². The average Bonchev–Trinajstić information content (AvgIpc) is 2.59. The fourth-order valence-corrected chi connectivity index (χ4v) is 2.90. The van der Waals surface area contributed by atoms with Gasteiger partial charge in [-0.25, -0.2) is 0 Å². The summed E-state index contributed by atoms with van der Waals surface area (Å²) >= 11 is 0. The zero-order chi connectivity index (χ0) is 11.3. The molecule has 0 amide bonds. The van der Waals surface area contributed by atoms with Gasteiger partial charge in [0.1, 0.15) is 0 Å². The first-order valence-corrected chi connectivity index (χ1v) is 6.53. The molecule has 1 saturated carbocycles. The molecule has 1 N–H and O–H groups in total. The normalized spacial score (nSPS) is 27.9. The lowest BCUT2D eigenvalue weighted by Gasteiger charge is -2.27. The van der Waals surface area contributed by atoms with Gasteiger partial charge in [0.05, 0.1) is 0 Å². The number of allylic oxidation sites excluding steroid dienone is 1. The molecular formula is C14H27N. The molecular weight excluding hydrogens is 182 g/mol. The van der Waals surface area contributed by atoms with E-state index in [1.807, 2.05) is 0 Å². The van der Waals surface area contributed by atoms with Crippen molar-refractivity contribution in [3.8, 4) is 0 Å². The van der Waals surface area contributed by atoms with Crippen molar-refractivity contribution in [1.29, 1.82) is 0 Å². The molecule has 1 nitrogen and oxygen atoms in total. The zero-order valence-electron chi connectivity index (χ0n) is 10.7. The maximum Gasteiger partial charge on any atom is 0.0101 e. The summed E-state index contributed by atoms with van der Waals surface area (Å²) in [5, 5.41) is 3.67. The quantitative estimate of drug-likeness (QED) is 0.657. The van der Waals surface area contributed by atoms with Crippen molar-refractivity contribution in [2.75, 3.05) is 6.54 Å². The first kappa shape index (κ1) is 12.8. The van der Waals surface area contributed by atoms with E-state index in [2.05, 4.69) is 32.7 Å². The van der Waals surface area contributed by atoms with Crippen LogP contribution in [-0.4, -0.2) is 12.6 Å². The van der Waals surface area contributed by atoms with E-state index in [4.69, 9.17) is 0 Å². The molecule has 1 aliphatic carbocycles. The SMILES string of the molecule is C=C(C)CCC(NCC)C1CCCC1C. The largest absolute Gasteiger partial charge is 0.314 e. The van der Waals surface area contributed by atoms with E-state index in [1.165, 1.54) is 37.7 Å². The van der Waals surface area contributed by atoms with E-state index in [0.29, 0.717) is 0 Å². The molecule has 0 bridgehead atoms. The standard InChI is InChI=1S/C14H27N/c1-5-15-14(10-9-11(2)3)13-8-6-7-12(13)4/h12-15H,2,5-10H2,1,3-4H3. The molecule has 1 heteroatoms. The molecule has 1 rings (SSSR count). The summed E-state index contributed by atoms with van der Waals surface area (Å²) in [5.41, 5.74) is 1.32. The molecule has 3 unspecified atom stereocenters. The Kier molecular flexibility index (Phi) is 5.38. The van der Waals surface area contributed by atoms with Crippen LogP contribution in [0.2, 0.25) is 0 Å². The van der Waals surface area contributed by atoms with Crippen LogP contribution in [0.25, 0.3) is 0 Å². The minimum Gasteiger partial charge on any atom is -0.314 e. The molecule has 0 aromatic heterocycles. The number of hydrogen-bond acceptors (Lipinski definition) is 1. The van der Waals surface area contributed by atoms with Gasteiger partial charge >= 0.3 is 0 Å². The lowest BCUT2D eigenvalue weighted by atomic mass is 9.87. The number of nitrogens with one attached hydrogen (secondary N) is 1. The molecule has 0 aromatic rings. The Morgan fingerprint density at radius 2 is 2.20 bits per heavy atom. The van der Waals surface area contributed by atoms with Gasteiger partial charge in [-0.2, -0.15) is 0 Å². The van der Waals surface area contributed by atoms with Crippen molar-refractivity contribution >= 4 is 0 Å². The highest BCUT2D eigenvalue weighted by Gasteiger charge is 2.29. The second-order valence-corrected chi connectivity index (χ2v) is 5.23. The van der Waals surface area contributed by atoms with E-state index < -0.39 is 0 Å². The summed E-state index contributed by atoms with van der Waals surface area (Å²) in [6.07, 6.45) is 6.74. The number of hydrogen-bond donors (Lipinski definition) is 1. The summed E-state index contributed by atoms with van der Waals surface area (Å²) in [5.74, 6) is 1.82. The first-order valence-electron chi connectivity index (χ1n) is 6.53. The Morgan fingerprint density at radius 3 is 2.67 bits per heavy atom. The molecule has 3 atom stereocenters. The Bertz CT molecular complexity index is 198. The molecule has 0 aromatic carbocycles. The third-order valence-corrected chi connectivity index (χ3v) is 3.79. The Balaban J connectivity index is 2.44. The number of rotatable bonds is 6. The van der Waals surface area contributed by atoms with Gasteiger partial charge in [-0.1, -0.05) is 32.3 Å². The predicted octanol–water partition coefficient (Wildman–Crippen LogP) is 3.76. The predicted molar refractivity (Wildman–Crippen MR) is 68.0 cm³/mol. The van der Waals surface area contributed by atoms with E-state index in [1.54, 1.807) is 0 Å². The van der Waals surface area contributed by atoms with Gasteiger partial charge in [0, 0.05) is 6.04 Å². The van der Waals surface area contributed by atoms with Crippen molar-refractivity contribution in [2.24, 2.45) is 11.8 Å². The monoisotopic (exact) mass is 209 g/mol. The van der Waals surface area contributed by atoms with Crippen LogP contribution in [-0.2, 0) is 0 Å². The van der Waals surface area contributed by atoms with Crippen LogP contribution >= 0.6 is 0 Å². The van der Waals surface area contributed by atoms with Crippen LogP contribution in [0.5, 0.6) is 0 Å². The van der Waals surface area contributed by atoms with Crippen LogP contribution in [0.15, 0.2) is 12.2 Å². The van der Waals surface area contributed by atoms with Crippen LogP contribution < -0.4 is 5.32 Å². The highest BCUT2D eigenvalue weighted by Crippen LogP contribution is 2.35. The van der Waals surface area contributed by atoms with Gasteiger partial charge in [0.25, 0.3) is 0 Å². The molecule has 1 fully saturated rings. The maximum absolute atomic E-state index is 4.01. The van der Waals surface area contributed by atoms with Gasteiger partial charge in [0.2, 0.25) is 0 Å². The molecule has 0 radical (unpaired) electrons. The van der Waals surface area contributed by atoms with Crippen LogP contribution in [0.4, 0.5) is 0 Å². The molecule has 0 aliphatic heterocycles. The topological polar surface area (TPSA) is 12.0 Å². The van der Waals surface area contributed by atoms with Crippen molar-refractivity contribution in [1.82, 2.24) is 5.32 Å². The fourth-order valence-electron chi connectivity index (χ4n) is 2.90. The maximum atomic E-state index is 4.01. The third-order valence-electron chi connectivity index (χ3n) is 3.79. The summed E-state index contributed by atoms with van der Waals surface area (Å²) in [7, 11) is 0. The van der Waals surface area contributed by atoms with Gasteiger partial charge in [0.15, 0.2) is 0 Å². The fraction of sp³-hybridized carbons (Fsp3) is 0.857. The smallest absolute Gasteiger partial charge is 0.0101 e. The molecule has 0 spiro atoms. The van der Waals surface area contributed by atoms with Crippen LogP contribution in [0.3, 0.4) is 0 Å². The minimum absolute atomic E-state index is 0.726. The molecule has 0 saturated heterocycles. The zero-order valence-corrected chi connectivity index (χ0v) is 10.7. The van der Waals surface area contributed by atoms with Crippen molar-refractivity contribution in [3.05, 3.63) is 12.2 Å². The van der Waals surface area contributed by atoms with Gasteiger partial charge in [-0.15, -0.1) is 6.58 Å². The van der Waals surface area contributed by atoms with Crippen molar-refractivity contribution in [3.63, 3.8) is 0 Å². The van der Waals surface area contributed by atoms with Crippen molar-refractivity contribution < 1.29 is 0 Å². The highest BCUT2D eigenvalue weighted by atomic mass is 14.9. The second-order valence-electron chi connectivity index (χ2n) is 5.23. The Hall–Kier alpha value is -0.300. The summed E-state index contributed by atoms with van der Waals surface area (Å²) in [4.78, 5) is 0. The lowest BCUT2D eigenvalue weighted by molar-refractivity contribution is 0.287.